The summed E-state index contributed by atoms with van der Waals surface area (Å²) in [7, 11) is 0. The summed E-state index contributed by atoms with van der Waals surface area (Å²) in [4.78, 5) is 20.2. The van der Waals surface area contributed by atoms with Crippen molar-refractivity contribution in [1.82, 2.24) is 15.2 Å². The Morgan fingerprint density at radius 3 is 2.83 bits per heavy atom. The number of hydrogen-bond donors (Lipinski definition) is 1. The van der Waals surface area contributed by atoms with Gasteiger partial charge in [-0.3, -0.25) is 20.0 Å². The molecule has 1 atom stereocenters. The van der Waals surface area contributed by atoms with Crippen molar-refractivity contribution in [3.63, 3.8) is 0 Å². The standard InChI is InChI=1S/C17H21N5O2/c23-22(24)15-3-4-16(17-14(15)2-1-6-19-17)21-9-5-13(12-21)20-10-7-18-8-11-20/h1-4,6,13,18H,5,7-12H2. The lowest BCUT2D eigenvalue weighted by Gasteiger charge is -2.32. The molecule has 0 saturated carbocycles. The van der Waals surface area contributed by atoms with Crippen LogP contribution < -0.4 is 10.2 Å². The predicted molar refractivity (Wildman–Crippen MR) is 93.5 cm³/mol. The van der Waals surface area contributed by atoms with Crippen molar-refractivity contribution in [1.29, 1.82) is 0 Å². The van der Waals surface area contributed by atoms with E-state index in [-0.39, 0.29) is 10.6 Å². The first-order valence-corrected chi connectivity index (χ1v) is 8.46. The summed E-state index contributed by atoms with van der Waals surface area (Å²) in [5.41, 5.74) is 1.86. The minimum atomic E-state index is -0.332. The summed E-state index contributed by atoms with van der Waals surface area (Å²) in [6.07, 6.45) is 2.84. The van der Waals surface area contributed by atoms with Gasteiger partial charge in [-0.25, -0.2) is 0 Å². The van der Waals surface area contributed by atoms with Gasteiger partial charge in [0.05, 0.1) is 16.0 Å². The molecule has 1 unspecified atom stereocenters. The molecule has 1 aromatic carbocycles. The molecule has 1 aromatic heterocycles. The maximum absolute atomic E-state index is 11.3. The summed E-state index contributed by atoms with van der Waals surface area (Å²) < 4.78 is 0. The fourth-order valence-corrected chi connectivity index (χ4v) is 3.86. The summed E-state index contributed by atoms with van der Waals surface area (Å²) in [5.74, 6) is 0. The fourth-order valence-electron chi connectivity index (χ4n) is 3.86. The number of nitrogens with zero attached hydrogens (tertiary/aromatic N) is 4. The van der Waals surface area contributed by atoms with E-state index in [9.17, 15) is 10.1 Å². The highest BCUT2D eigenvalue weighted by molar-refractivity contribution is 5.97. The quantitative estimate of drug-likeness (QED) is 0.682. The lowest BCUT2D eigenvalue weighted by Crippen LogP contribution is -2.49. The van der Waals surface area contributed by atoms with Gasteiger partial charge < -0.3 is 10.2 Å². The van der Waals surface area contributed by atoms with Gasteiger partial charge in [0.1, 0.15) is 5.52 Å². The van der Waals surface area contributed by atoms with Crippen LogP contribution in [0.15, 0.2) is 30.5 Å². The molecular formula is C17H21N5O2. The van der Waals surface area contributed by atoms with E-state index in [1.54, 1.807) is 24.4 Å². The molecule has 2 aromatic rings. The molecule has 2 saturated heterocycles. The molecule has 2 aliphatic rings. The highest BCUT2D eigenvalue weighted by Crippen LogP contribution is 2.34. The molecule has 0 aliphatic carbocycles. The van der Waals surface area contributed by atoms with Gasteiger partial charge >= 0.3 is 0 Å². The minimum Gasteiger partial charge on any atom is -0.368 e. The molecule has 24 heavy (non-hydrogen) atoms. The van der Waals surface area contributed by atoms with Gasteiger partial charge in [0.15, 0.2) is 0 Å². The van der Waals surface area contributed by atoms with Crippen molar-refractivity contribution in [2.45, 2.75) is 12.5 Å². The zero-order valence-corrected chi connectivity index (χ0v) is 13.5. The largest absolute Gasteiger partial charge is 0.368 e. The summed E-state index contributed by atoms with van der Waals surface area (Å²) in [6, 6.07) is 7.56. The van der Waals surface area contributed by atoms with Gasteiger partial charge in [-0.2, -0.15) is 0 Å². The number of benzene rings is 1. The molecule has 7 heteroatoms. The number of nitro groups is 1. The number of pyridine rings is 1. The van der Waals surface area contributed by atoms with E-state index in [1.807, 2.05) is 6.07 Å². The minimum absolute atomic E-state index is 0.125. The molecule has 0 amide bonds. The molecule has 0 radical (unpaired) electrons. The molecule has 0 spiro atoms. The van der Waals surface area contributed by atoms with Crippen LogP contribution in [0.2, 0.25) is 0 Å². The van der Waals surface area contributed by atoms with Crippen LogP contribution in [-0.4, -0.2) is 60.1 Å². The Morgan fingerprint density at radius 1 is 1.21 bits per heavy atom. The van der Waals surface area contributed by atoms with Gasteiger partial charge in [0.25, 0.3) is 5.69 Å². The van der Waals surface area contributed by atoms with Crippen molar-refractivity contribution in [2.75, 3.05) is 44.2 Å². The number of aromatic nitrogens is 1. The fraction of sp³-hybridized carbons (Fsp3) is 0.471. The third-order valence-electron chi connectivity index (χ3n) is 5.09. The SMILES string of the molecule is O=[N+]([O-])c1ccc(N2CCC(N3CCNCC3)C2)c2ncccc12. The molecule has 1 N–H and O–H groups in total. The predicted octanol–water partition coefficient (Wildman–Crippen LogP) is 1.63. The van der Waals surface area contributed by atoms with E-state index in [1.165, 1.54) is 0 Å². The van der Waals surface area contributed by atoms with Gasteiger partial charge in [-0.05, 0) is 24.6 Å². The van der Waals surface area contributed by atoms with E-state index in [2.05, 4.69) is 20.1 Å². The summed E-state index contributed by atoms with van der Waals surface area (Å²) in [5, 5.41) is 15.3. The maximum atomic E-state index is 11.3. The number of hydrogen-bond acceptors (Lipinski definition) is 6. The Bertz CT molecular complexity index is 760. The highest BCUT2D eigenvalue weighted by atomic mass is 16.6. The zero-order valence-electron chi connectivity index (χ0n) is 13.5. The number of rotatable bonds is 3. The summed E-state index contributed by atoms with van der Waals surface area (Å²) in [6.45, 7) is 6.23. The second kappa shape index (κ2) is 6.33. The van der Waals surface area contributed by atoms with Crippen molar-refractivity contribution >= 4 is 22.3 Å². The smallest absolute Gasteiger partial charge is 0.278 e. The van der Waals surface area contributed by atoms with Gasteiger partial charge in [-0.15, -0.1) is 0 Å². The molecule has 2 aliphatic heterocycles. The molecule has 126 valence electrons. The molecule has 2 fully saturated rings. The van der Waals surface area contributed by atoms with Crippen LogP contribution in [0, 0.1) is 10.1 Å². The number of fused-ring (bicyclic) bond motifs is 1. The van der Waals surface area contributed by atoms with Crippen LogP contribution in [-0.2, 0) is 0 Å². The third-order valence-corrected chi connectivity index (χ3v) is 5.09. The monoisotopic (exact) mass is 327 g/mol. The average Bonchev–Trinajstić information content (AvgIpc) is 3.11. The zero-order chi connectivity index (χ0) is 16.5. The van der Waals surface area contributed by atoms with Gasteiger partial charge in [0, 0.05) is 57.6 Å². The first-order chi connectivity index (χ1) is 11.7. The van der Waals surface area contributed by atoms with E-state index >= 15 is 0 Å². The molecular weight excluding hydrogens is 306 g/mol. The first kappa shape index (κ1) is 15.3. The maximum Gasteiger partial charge on any atom is 0.278 e. The molecule has 0 bridgehead atoms. The van der Waals surface area contributed by atoms with Crippen LogP contribution in [0.4, 0.5) is 11.4 Å². The number of anilines is 1. The van der Waals surface area contributed by atoms with Crippen molar-refractivity contribution in [3.8, 4) is 0 Å². The van der Waals surface area contributed by atoms with Crippen molar-refractivity contribution in [3.05, 3.63) is 40.6 Å². The Balaban J connectivity index is 1.63. The van der Waals surface area contributed by atoms with Crippen LogP contribution >= 0.6 is 0 Å². The average molecular weight is 327 g/mol. The topological polar surface area (TPSA) is 74.5 Å². The Morgan fingerprint density at radius 2 is 2.04 bits per heavy atom. The lowest BCUT2D eigenvalue weighted by atomic mass is 10.1. The van der Waals surface area contributed by atoms with Crippen LogP contribution in [0.5, 0.6) is 0 Å². The lowest BCUT2D eigenvalue weighted by molar-refractivity contribution is -0.383. The van der Waals surface area contributed by atoms with Crippen LogP contribution in [0.3, 0.4) is 0 Å². The third kappa shape index (κ3) is 2.70. The number of nitro benzene ring substituents is 1. The van der Waals surface area contributed by atoms with Crippen molar-refractivity contribution in [2.24, 2.45) is 0 Å². The summed E-state index contributed by atoms with van der Waals surface area (Å²) >= 11 is 0. The van der Waals surface area contributed by atoms with Crippen LogP contribution in [0.25, 0.3) is 10.9 Å². The number of nitrogens with one attached hydrogen (secondary N) is 1. The van der Waals surface area contributed by atoms with E-state index < -0.39 is 0 Å². The van der Waals surface area contributed by atoms with Crippen LogP contribution in [0.1, 0.15) is 6.42 Å². The second-order valence-electron chi connectivity index (χ2n) is 6.43. The normalized spacial score (nSPS) is 22.2. The molecule has 3 heterocycles. The Kier molecular flexibility index (Phi) is 4.03. The number of non-ortho nitro benzene ring substituents is 1. The van der Waals surface area contributed by atoms with Gasteiger partial charge in [0.2, 0.25) is 0 Å². The number of piperazine rings is 1. The molecule has 7 nitrogen and oxygen atoms in total. The Labute approximate surface area is 140 Å². The second-order valence-corrected chi connectivity index (χ2v) is 6.43. The van der Waals surface area contributed by atoms with E-state index in [0.29, 0.717) is 11.4 Å². The first-order valence-electron chi connectivity index (χ1n) is 8.46. The van der Waals surface area contributed by atoms with E-state index in [4.69, 9.17) is 0 Å². The Hall–Kier alpha value is -2.25. The molecule has 4 rings (SSSR count). The van der Waals surface area contributed by atoms with E-state index in [0.717, 1.165) is 56.9 Å². The highest BCUT2D eigenvalue weighted by Gasteiger charge is 2.30. The van der Waals surface area contributed by atoms with Crippen molar-refractivity contribution < 1.29 is 4.92 Å². The van der Waals surface area contributed by atoms with Gasteiger partial charge in [-0.1, -0.05) is 0 Å².